The fourth-order valence-corrected chi connectivity index (χ4v) is 5.52. The molecule has 2 aromatic carbocycles. The zero-order chi connectivity index (χ0) is 31.3. The molecule has 0 aliphatic heterocycles. The fourth-order valence-electron chi connectivity index (χ4n) is 5.52. The summed E-state index contributed by atoms with van der Waals surface area (Å²) in [6, 6.07) is 8.30. The molecule has 0 fully saturated rings. The summed E-state index contributed by atoms with van der Waals surface area (Å²) < 4.78 is 10.9. The number of benzene rings is 2. The lowest BCUT2D eigenvalue weighted by atomic mass is 10.1. The van der Waals surface area contributed by atoms with Gasteiger partial charge in [0, 0.05) is 30.6 Å². The molecule has 0 bridgehead atoms. The van der Waals surface area contributed by atoms with Crippen molar-refractivity contribution >= 4 is 62.7 Å². The summed E-state index contributed by atoms with van der Waals surface area (Å²) >= 11 is 0. The van der Waals surface area contributed by atoms with Crippen molar-refractivity contribution in [3.8, 4) is 0 Å². The van der Waals surface area contributed by atoms with Gasteiger partial charge in [-0.15, -0.1) is 0 Å². The average Bonchev–Trinajstić information content (AvgIpc) is 3.74. The van der Waals surface area contributed by atoms with E-state index in [1.807, 2.05) is 37.5 Å². The first-order valence-corrected chi connectivity index (χ1v) is 13.8. The minimum Gasteiger partial charge on any atom is -0.462 e. The van der Waals surface area contributed by atoms with Crippen LogP contribution in [0.3, 0.4) is 0 Å². The largest absolute Gasteiger partial charge is 0.462 e. The number of nitrogens with zero attached hydrogens (tertiary/aromatic N) is 6. The Morgan fingerprint density at radius 2 is 1.68 bits per heavy atom. The van der Waals surface area contributed by atoms with Gasteiger partial charge in [0.05, 0.1) is 34.1 Å². The third kappa shape index (κ3) is 4.71. The van der Waals surface area contributed by atoms with Gasteiger partial charge in [0.1, 0.15) is 11.2 Å². The zero-order valence-electron chi connectivity index (χ0n) is 24.3. The van der Waals surface area contributed by atoms with Gasteiger partial charge >= 0.3 is 0 Å². The van der Waals surface area contributed by atoms with Crippen molar-refractivity contribution in [3.05, 3.63) is 76.8 Å². The molecule has 0 saturated heterocycles. The van der Waals surface area contributed by atoms with Crippen molar-refractivity contribution in [2.45, 2.75) is 40.4 Å². The van der Waals surface area contributed by atoms with Gasteiger partial charge in [-0.3, -0.25) is 24.4 Å². The minimum atomic E-state index is -0.589. The van der Waals surface area contributed by atoms with E-state index in [-0.39, 0.29) is 11.9 Å². The first-order chi connectivity index (χ1) is 21.1. The molecule has 0 radical (unpaired) electrons. The zero-order valence-corrected chi connectivity index (χ0v) is 24.3. The molecule has 0 aliphatic carbocycles. The maximum absolute atomic E-state index is 13.3. The van der Waals surface area contributed by atoms with Gasteiger partial charge < -0.3 is 30.8 Å². The van der Waals surface area contributed by atoms with Crippen molar-refractivity contribution in [2.24, 2.45) is 11.5 Å². The molecule has 0 saturated carbocycles. The molecule has 14 heteroatoms. The number of imidazole rings is 2. The van der Waals surface area contributed by atoms with Gasteiger partial charge in [-0.2, -0.15) is 5.10 Å². The molecule has 6 aromatic rings. The number of fused-ring (bicyclic) bond motifs is 4. The van der Waals surface area contributed by atoms with E-state index in [4.69, 9.17) is 21.6 Å². The Kier molecular flexibility index (Phi) is 6.88. The number of nitrogen functional groups attached to an aromatic ring is 1. The van der Waals surface area contributed by atoms with Crippen molar-refractivity contribution in [1.82, 2.24) is 28.9 Å². The van der Waals surface area contributed by atoms with Crippen LogP contribution in [-0.2, 0) is 19.6 Å². The van der Waals surface area contributed by atoms with Crippen LogP contribution >= 0.6 is 0 Å². The average molecular weight is 595 g/mol. The van der Waals surface area contributed by atoms with Crippen LogP contribution in [0.5, 0.6) is 0 Å². The number of rotatable bonds is 9. The summed E-state index contributed by atoms with van der Waals surface area (Å²) in [7, 11) is 0. The van der Waals surface area contributed by atoms with E-state index in [0.717, 1.165) is 16.8 Å². The number of furan rings is 1. The molecule has 224 valence electrons. The predicted octanol–water partition coefficient (Wildman–Crippen LogP) is 3.25. The summed E-state index contributed by atoms with van der Waals surface area (Å²) in [6.07, 6.45) is 5.29. The Balaban J connectivity index is 1.35. The second kappa shape index (κ2) is 10.7. The Morgan fingerprint density at radius 1 is 0.955 bits per heavy atom. The van der Waals surface area contributed by atoms with Gasteiger partial charge in [0.15, 0.2) is 5.58 Å². The fraction of sp³-hybridized carbons (Fsp3) is 0.200. The number of hydrogen-bond acceptors (Lipinski definition) is 8. The molecule has 14 nitrogen and oxygen atoms in total. The van der Waals surface area contributed by atoms with Gasteiger partial charge in [0.2, 0.25) is 23.7 Å². The lowest BCUT2D eigenvalue weighted by molar-refractivity contribution is 0.0992. The van der Waals surface area contributed by atoms with Crippen molar-refractivity contribution in [2.75, 3.05) is 11.1 Å². The molecule has 0 aliphatic rings. The Bertz CT molecular complexity index is 2160. The quantitative estimate of drug-likeness (QED) is 0.182. The third-order valence-corrected chi connectivity index (χ3v) is 7.46. The number of aryl methyl sites for hydroxylation is 3. The predicted molar refractivity (Wildman–Crippen MR) is 165 cm³/mol. The second-order valence-electron chi connectivity index (χ2n) is 10.4. The molecule has 6 rings (SSSR count). The molecule has 0 unspecified atom stereocenters. The molecular formula is C30H30N10O4. The maximum atomic E-state index is 13.3. The number of primary amides is 2. The van der Waals surface area contributed by atoms with Crippen LogP contribution in [-0.4, -0.2) is 46.6 Å². The molecule has 0 spiro atoms. The van der Waals surface area contributed by atoms with Crippen LogP contribution in [0.2, 0.25) is 0 Å². The SMILES string of the molecule is CCn1nc(C)cc1C(=O)Nc1nc2cc(C(N)=O)cc(C)c2n1C/C=C/Cn1c(N)nc2cc(C(N)=O)c3ccoc3c21. The van der Waals surface area contributed by atoms with Crippen molar-refractivity contribution in [3.63, 3.8) is 0 Å². The highest BCUT2D eigenvalue weighted by molar-refractivity contribution is 6.13. The monoisotopic (exact) mass is 594 g/mol. The summed E-state index contributed by atoms with van der Waals surface area (Å²) in [6.45, 7) is 6.76. The van der Waals surface area contributed by atoms with Gasteiger partial charge in [-0.1, -0.05) is 12.2 Å². The number of carbonyl (C=O) groups excluding carboxylic acids is 3. The molecule has 4 heterocycles. The Hall–Kier alpha value is -5.92. The van der Waals surface area contributed by atoms with Crippen LogP contribution in [0.1, 0.15) is 49.4 Å². The number of nitrogens with two attached hydrogens (primary N) is 3. The van der Waals surface area contributed by atoms with E-state index in [1.54, 1.807) is 39.6 Å². The van der Waals surface area contributed by atoms with Crippen LogP contribution < -0.4 is 22.5 Å². The second-order valence-corrected chi connectivity index (χ2v) is 10.4. The van der Waals surface area contributed by atoms with Crippen molar-refractivity contribution in [1.29, 1.82) is 0 Å². The smallest absolute Gasteiger partial charge is 0.276 e. The first-order valence-electron chi connectivity index (χ1n) is 13.8. The van der Waals surface area contributed by atoms with Gasteiger partial charge in [-0.25, -0.2) is 9.97 Å². The third-order valence-electron chi connectivity index (χ3n) is 7.46. The Labute approximate surface area is 250 Å². The van der Waals surface area contributed by atoms with E-state index in [1.165, 1.54) is 6.26 Å². The summed E-state index contributed by atoms with van der Waals surface area (Å²) in [4.78, 5) is 46.3. The molecule has 4 aromatic heterocycles. The van der Waals surface area contributed by atoms with Gasteiger partial charge in [-0.05, 0) is 56.7 Å². The summed E-state index contributed by atoms with van der Waals surface area (Å²) in [5, 5.41) is 7.85. The molecular weight excluding hydrogens is 564 g/mol. The number of amides is 3. The van der Waals surface area contributed by atoms with E-state index in [2.05, 4.69) is 20.4 Å². The van der Waals surface area contributed by atoms with Crippen LogP contribution in [0.15, 0.2) is 53.2 Å². The number of carbonyl (C=O) groups is 3. The van der Waals surface area contributed by atoms with Crippen molar-refractivity contribution < 1.29 is 18.8 Å². The van der Waals surface area contributed by atoms with E-state index < -0.39 is 11.8 Å². The molecule has 44 heavy (non-hydrogen) atoms. The Morgan fingerprint density at radius 3 is 2.39 bits per heavy atom. The number of aromatic nitrogens is 6. The van der Waals surface area contributed by atoms with Crippen LogP contribution in [0, 0.1) is 13.8 Å². The van der Waals surface area contributed by atoms with E-state index in [9.17, 15) is 14.4 Å². The summed E-state index contributed by atoms with van der Waals surface area (Å²) in [5.74, 6) is -0.992. The van der Waals surface area contributed by atoms with E-state index in [0.29, 0.717) is 69.9 Å². The molecule has 3 amide bonds. The maximum Gasteiger partial charge on any atom is 0.276 e. The highest BCUT2D eigenvalue weighted by Gasteiger charge is 2.21. The number of hydrogen-bond donors (Lipinski definition) is 4. The number of allylic oxidation sites excluding steroid dienone is 2. The molecule has 7 N–H and O–H groups in total. The number of nitrogens with one attached hydrogen (secondary N) is 1. The first kappa shape index (κ1) is 28.2. The summed E-state index contributed by atoms with van der Waals surface area (Å²) in [5.41, 5.74) is 22.7. The highest BCUT2D eigenvalue weighted by atomic mass is 16.3. The number of anilines is 2. The standard InChI is InChI=1S/C30H30N10O4/c1-4-40-22(12-16(3)37-40)28(43)36-30-35-20-13-17(26(31)41)11-15(2)23(20)39(30)9-6-5-8-38-24-21(34-29(38)33)14-19(27(32)42)18-7-10-44-25(18)24/h5-7,10-14H,4,8-9H2,1-3H3,(H2,31,41)(H2,32,42)(H2,33,34)(H,35,36,43)/b6-5+. The van der Waals surface area contributed by atoms with Crippen LogP contribution in [0.25, 0.3) is 33.0 Å². The topological polar surface area (TPSA) is 208 Å². The normalized spacial score (nSPS) is 11.8. The lowest BCUT2D eigenvalue weighted by Crippen LogP contribution is -2.20. The van der Waals surface area contributed by atoms with Crippen LogP contribution in [0.4, 0.5) is 11.9 Å². The minimum absolute atomic E-state index is 0.239. The highest BCUT2D eigenvalue weighted by Crippen LogP contribution is 2.31. The molecule has 0 atom stereocenters. The van der Waals surface area contributed by atoms with E-state index >= 15 is 0 Å². The lowest BCUT2D eigenvalue weighted by Gasteiger charge is -2.10. The van der Waals surface area contributed by atoms with Gasteiger partial charge in [0.25, 0.3) is 5.91 Å².